The van der Waals surface area contributed by atoms with Gasteiger partial charge in [0.1, 0.15) is 0 Å². The van der Waals surface area contributed by atoms with Gasteiger partial charge < -0.3 is 10.2 Å². The first-order valence-electron chi connectivity index (χ1n) is 9.16. The monoisotopic (exact) mass is 370 g/mol. The van der Waals surface area contributed by atoms with Crippen LogP contribution in [0.5, 0.6) is 0 Å². The van der Waals surface area contributed by atoms with Crippen LogP contribution >= 0.6 is 11.3 Å². The van der Waals surface area contributed by atoms with Crippen LogP contribution in [0.4, 0.5) is 0 Å². The molecule has 138 valence electrons. The minimum Gasteiger partial charge on any atom is -0.354 e. The Labute approximate surface area is 159 Å². The molecule has 3 rings (SSSR count). The zero-order chi connectivity index (χ0) is 18.5. The van der Waals surface area contributed by atoms with Crippen molar-refractivity contribution < 1.29 is 9.59 Å². The fourth-order valence-electron chi connectivity index (χ4n) is 3.43. The van der Waals surface area contributed by atoms with Crippen LogP contribution in [-0.2, 0) is 17.6 Å². The fraction of sp³-hybridized carbons (Fsp3) is 0.429. The highest BCUT2D eigenvalue weighted by atomic mass is 32.1. The predicted molar refractivity (Wildman–Crippen MR) is 106 cm³/mol. The van der Waals surface area contributed by atoms with Crippen LogP contribution in [0, 0.1) is 0 Å². The number of Topliss-reactive ketones (excluding diaryl/α,β-unsaturated/α-hetero) is 1. The number of thiophene rings is 1. The van der Waals surface area contributed by atoms with Crippen LogP contribution in [0.15, 0.2) is 35.7 Å². The summed E-state index contributed by atoms with van der Waals surface area (Å²) >= 11 is 1.69. The summed E-state index contributed by atoms with van der Waals surface area (Å²) in [7, 11) is 4.02. The van der Waals surface area contributed by atoms with E-state index in [0.29, 0.717) is 6.54 Å². The number of carbonyl (C=O) groups is 2. The van der Waals surface area contributed by atoms with Gasteiger partial charge >= 0.3 is 0 Å². The number of likely N-dealkylation sites (N-methyl/N-ethyl adjacent to an activating group) is 1. The molecule has 0 saturated carbocycles. The number of carbonyl (C=O) groups excluding carboxylic acids is 2. The van der Waals surface area contributed by atoms with E-state index in [0.717, 1.165) is 18.4 Å². The van der Waals surface area contributed by atoms with Gasteiger partial charge in [-0.3, -0.25) is 9.59 Å². The second kappa shape index (κ2) is 8.60. The molecule has 4 nitrogen and oxygen atoms in total. The number of benzene rings is 1. The van der Waals surface area contributed by atoms with E-state index in [4.69, 9.17) is 0 Å². The van der Waals surface area contributed by atoms with Crippen molar-refractivity contribution in [2.75, 3.05) is 20.6 Å². The number of rotatable bonds is 8. The fourth-order valence-corrected chi connectivity index (χ4v) is 4.36. The molecule has 1 heterocycles. The van der Waals surface area contributed by atoms with Gasteiger partial charge in [0.05, 0.1) is 6.04 Å². The summed E-state index contributed by atoms with van der Waals surface area (Å²) in [5, 5.41) is 5.02. The van der Waals surface area contributed by atoms with E-state index in [-0.39, 0.29) is 30.6 Å². The van der Waals surface area contributed by atoms with Gasteiger partial charge in [0.2, 0.25) is 5.91 Å². The van der Waals surface area contributed by atoms with Crippen LogP contribution in [0.25, 0.3) is 0 Å². The van der Waals surface area contributed by atoms with Crippen LogP contribution in [0.1, 0.15) is 51.7 Å². The molecule has 1 atom stereocenters. The molecule has 0 saturated heterocycles. The van der Waals surface area contributed by atoms with Crippen molar-refractivity contribution in [3.05, 3.63) is 57.3 Å². The van der Waals surface area contributed by atoms with Gasteiger partial charge in [-0.25, -0.2) is 0 Å². The lowest BCUT2D eigenvalue weighted by molar-refractivity contribution is -0.121. The zero-order valence-electron chi connectivity index (χ0n) is 15.5. The summed E-state index contributed by atoms with van der Waals surface area (Å²) in [5.41, 5.74) is 3.40. The minimum atomic E-state index is -0.0667. The Kier molecular flexibility index (Phi) is 6.22. The average Bonchev–Trinajstić information content (AvgIpc) is 3.30. The molecule has 0 bridgehead atoms. The summed E-state index contributed by atoms with van der Waals surface area (Å²) in [6, 6.07) is 10.3. The highest BCUT2D eigenvalue weighted by molar-refractivity contribution is 7.10. The highest BCUT2D eigenvalue weighted by Crippen LogP contribution is 2.24. The molecule has 1 amide bonds. The lowest BCUT2D eigenvalue weighted by atomic mass is 10.0. The largest absolute Gasteiger partial charge is 0.354 e. The van der Waals surface area contributed by atoms with Crippen molar-refractivity contribution in [3.63, 3.8) is 0 Å². The number of fused-ring (bicyclic) bond motifs is 1. The van der Waals surface area contributed by atoms with Gasteiger partial charge in [-0.05, 0) is 62.0 Å². The molecule has 26 heavy (non-hydrogen) atoms. The third-order valence-corrected chi connectivity index (χ3v) is 5.96. The first kappa shape index (κ1) is 18.8. The maximum atomic E-state index is 12.4. The smallest absolute Gasteiger partial charge is 0.220 e. The number of nitrogens with zero attached hydrogens (tertiary/aromatic N) is 1. The molecule has 2 aromatic rings. The van der Waals surface area contributed by atoms with Gasteiger partial charge in [-0.15, -0.1) is 11.3 Å². The number of hydrogen-bond donors (Lipinski definition) is 1. The van der Waals surface area contributed by atoms with E-state index in [1.807, 2.05) is 37.7 Å². The Morgan fingerprint density at radius 1 is 1.15 bits per heavy atom. The Bertz CT molecular complexity index is 768. The van der Waals surface area contributed by atoms with Crippen molar-refractivity contribution in [3.8, 4) is 0 Å². The van der Waals surface area contributed by atoms with Crippen LogP contribution < -0.4 is 5.32 Å². The third kappa shape index (κ3) is 4.59. The van der Waals surface area contributed by atoms with Gasteiger partial charge in [0.15, 0.2) is 5.78 Å². The van der Waals surface area contributed by atoms with E-state index >= 15 is 0 Å². The average molecular weight is 371 g/mol. The second-order valence-corrected chi connectivity index (χ2v) is 8.04. The zero-order valence-corrected chi connectivity index (χ0v) is 16.3. The number of amides is 1. The predicted octanol–water partition coefficient (Wildman–Crippen LogP) is 3.62. The minimum absolute atomic E-state index is 0.0530. The van der Waals surface area contributed by atoms with Crippen molar-refractivity contribution >= 4 is 23.0 Å². The molecule has 0 fully saturated rings. The van der Waals surface area contributed by atoms with Gasteiger partial charge in [0.25, 0.3) is 0 Å². The summed E-state index contributed by atoms with van der Waals surface area (Å²) in [5.74, 6) is -0.0137. The van der Waals surface area contributed by atoms with E-state index < -0.39 is 0 Å². The lowest BCUT2D eigenvalue weighted by Gasteiger charge is -2.23. The standard InChI is InChI=1S/C21H26N2O2S/c1-23(2)18(20-7-4-12-26-20)14-22-21(25)11-10-19(24)17-9-8-15-5-3-6-16(15)13-17/h4,7-9,12-13,18H,3,5-6,10-11,14H2,1-2H3,(H,22,25). The van der Waals surface area contributed by atoms with Crippen LogP contribution in [-0.4, -0.2) is 37.2 Å². The topological polar surface area (TPSA) is 49.4 Å². The first-order valence-corrected chi connectivity index (χ1v) is 10.0. The Hall–Kier alpha value is -1.98. The SMILES string of the molecule is CN(C)C(CNC(=O)CCC(=O)c1ccc2c(c1)CCC2)c1cccs1. The molecule has 0 radical (unpaired) electrons. The molecule has 1 aromatic heterocycles. The summed E-state index contributed by atoms with van der Waals surface area (Å²) in [6.45, 7) is 0.555. The number of nitrogens with one attached hydrogen (secondary N) is 1. The molecule has 1 aromatic carbocycles. The molecule has 5 heteroatoms. The first-order chi connectivity index (χ1) is 12.5. The Balaban J connectivity index is 1.48. The summed E-state index contributed by atoms with van der Waals surface area (Å²) in [4.78, 5) is 27.9. The molecule has 1 aliphatic rings. The maximum Gasteiger partial charge on any atom is 0.220 e. The van der Waals surface area contributed by atoms with E-state index in [1.54, 1.807) is 11.3 Å². The van der Waals surface area contributed by atoms with Crippen molar-refractivity contribution in [1.82, 2.24) is 10.2 Å². The summed E-state index contributed by atoms with van der Waals surface area (Å²) < 4.78 is 0. The quantitative estimate of drug-likeness (QED) is 0.722. The number of aryl methyl sites for hydroxylation is 2. The van der Waals surface area contributed by atoms with Crippen molar-refractivity contribution in [2.24, 2.45) is 0 Å². The molecule has 1 aliphatic carbocycles. The molecular weight excluding hydrogens is 344 g/mol. The molecule has 0 spiro atoms. The van der Waals surface area contributed by atoms with Crippen LogP contribution in [0.3, 0.4) is 0 Å². The van der Waals surface area contributed by atoms with E-state index in [2.05, 4.69) is 22.3 Å². The van der Waals surface area contributed by atoms with Gasteiger partial charge in [-0.1, -0.05) is 18.2 Å². The number of hydrogen-bond acceptors (Lipinski definition) is 4. The normalized spacial score (nSPS) is 14.3. The van der Waals surface area contributed by atoms with E-state index in [1.165, 1.54) is 22.4 Å². The maximum absolute atomic E-state index is 12.4. The van der Waals surface area contributed by atoms with Gasteiger partial charge in [-0.2, -0.15) is 0 Å². The molecular formula is C21H26N2O2S. The van der Waals surface area contributed by atoms with Crippen molar-refractivity contribution in [2.45, 2.75) is 38.1 Å². The van der Waals surface area contributed by atoms with E-state index in [9.17, 15) is 9.59 Å². The lowest BCUT2D eigenvalue weighted by Crippen LogP contribution is -2.34. The summed E-state index contributed by atoms with van der Waals surface area (Å²) in [6.07, 6.45) is 3.85. The number of ketones is 1. The molecule has 0 aliphatic heterocycles. The van der Waals surface area contributed by atoms with Crippen molar-refractivity contribution in [1.29, 1.82) is 0 Å². The molecule has 1 N–H and O–H groups in total. The van der Waals surface area contributed by atoms with Crippen LogP contribution in [0.2, 0.25) is 0 Å². The van der Waals surface area contributed by atoms with Gasteiger partial charge in [0, 0.05) is 29.8 Å². The Morgan fingerprint density at radius 3 is 2.69 bits per heavy atom. The highest BCUT2D eigenvalue weighted by Gasteiger charge is 2.18. The molecule has 1 unspecified atom stereocenters. The third-order valence-electron chi connectivity index (χ3n) is 4.99. The Morgan fingerprint density at radius 2 is 1.96 bits per heavy atom. The second-order valence-electron chi connectivity index (χ2n) is 7.06.